The average Bonchev–Trinajstić information content (AvgIpc) is 3.11. The first kappa shape index (κ1) is 11.2. The Morgan fingerprint density at radius 2 is 2.17 bits per heavy atom. The summed E-state index contributed by atoms with van der Waals surface area (Å²) in [5.41, 5.74) is 1.84. The molecule has 0 aromatic carbocycles. The second kappa shape index (κ2) is 4.08. The Morgan fingerprint density at radius 1 is 1.39 bits per heavy atom. The molecule has 18 heavy (non-hydrogen) atoms. The number of imide groups is 1. The Hall–Kier alpha value is -1.91. The van der Waals surface area contributed by atoms with E-state index in [9.17, 15) is 9.59 Å². The molecule has 1 saturated carbocycles. The van der Waals surface area contributed by atoms with E-state index in [2.05, 4.69) is 10.3 Å². The van der Waals surface area contributed by atoms with Crippen LogP contribution in [0, 0.1) is 6.92 Å². The van der Waals surface area contributed by atoms with Crippen LogP contribution in [0.1, 0.15) is 24.8 Å². The van der Waals surface area contributed by atoms with Gasteiger partial charge in [0.25, 0.3) is 5.91 Å². The van der Waals surface area contributed by atoms with Gasteiger partial charge in [0.2, 0.25) is 5.91 Å². The first-order valence-corrected chi connectivity index (χ1v) is 6.20. The molecular weight excluding hydrogens is 230 g/mol. The lowest BCUT2D eigenvalue weighted by Crippen LogP contribution is -2.36. The van der Waals surface area contributed by atoms with Gasteiger partial charge in [-0.3, -0.25) is 19.5 Å². The highest BCUT2D eigenvalue weighted by Gasteiger charge is 2.46. The molecule has 2 heterocycles. The normalized spacial score (nSPS) is 23.6. The summed E-state index contributed by atoms with van der Waals surface area (Å²) >= 11 is 0. The molecule has 2 amide bonds. The first-order valence-electron chi connectivity index (χ1n) is 6.20. The molecule has 1 atom stereocenters. The summed E-state index contributed by atoms with van der Waals surface area (Å²) in [5.74, 6) is -0.146. The minimum absolute atomic E-state index is 0.0541. The van der Waals surface area contributed by atoms with Crippen LogP contribution in [0.2, 0.25) is 0 Å². The van der Waals surface area contributed by atoms with Gasteiger partial charge in [-0.25, -0.2) is 0 Å². The monoisotopic (exact) mass is 245 g/mol. The van der Waals surface area contributed by atoms with Gasteiger partial charge in [0.05, 0.1) is 18.3 Å². The van der Waals surface area contributed by atoms with Gasteiger partial charge in [0.15, 0.2) is 0 Å². The molecule has 2 aliphatic rings. The lowest BCUT2D eigenvalue weighted by atomic mass is 10.2. The van der Waals surface area contributed by atoms with Crippen molar-refractivity contribution in [3.05, 3.63) is 24.0 Å². The van der Waals surface area contributed by atoms with Crippen molar-refractivity contribution in [2.24, 2.45) is 0 Å². The molecule has 1 aromatic rings. The maximum atomic E-state index is 12.1. The van der Waals surface area contributed by atoms with E-state index in [0.717, 1.165) is 24.1 Å². The Labute approximate surface area is 105 Å². The minimum Gasteiger partial charge on any atom is -0.372 e. The van der Waals surface area contributed by atoms with Crippen molar-refractivity contribution in [2.75, 3.05) is 5.32 Å². The quantitative estimate of drug-likeness (QED) is 0.810. The van der Waals surface area contributed by atoms with Crippen molar-refractivity contribution in [1.29, 1.82) is 0 Å². The second-order valence-corrected chi connectivity index (χ2v) is 4.92. The Morgan fingerprint density at radius 3 is 2.83 bits per heavy atom. The maximum absolute atomic E-state index is 12.1. The predicted molar refractivity (Wildman–Crippen MR) is 65.9 cm³/mol. The molecule has 5 nitrogen and oxygen atoms in total. The highest BCUT2D eigenvalue weighted by Crippen LogP contribution is 2.32. The van der Waals surface area contributed by atoms with Gasteiger partial charge in [0, 0.05) is 12.2 Å². The van der Waals surface area contributed by atoms with Gasteiger partial charge in [-0.2, -0.15) is 0 Å². The zero-order chi connectivity index (χ0) is 12.7. The van der Waals surface area contributed by atoms with Crippen LogP contribution in [-0.4, -0.2) is 33.8 Å². The van der Waals surface area contributed by atoms with Gasteiger partial charge in [-0.1, -0.05) is 0 Å². The number of pyridine rings is 1. The van der Waals surface area contributed by atoms with Crippen molar-refractivity contribution >= 4 is 17.5 Å². The van der Waals surface area contributed by atoms with Crippen molar-refractivity contribution in [2.45, 2.75) is 38.3 Å². The van der Waals surface area contributed by atoms with E-state index >= 15 is 0 Å². The fraction of sp³-hybridized carbons (Fsp3) is 0.462. The molecule has 2 fully saturated rings. The molecule has 94 valence electrons. The van der Waals surface area contributed by atoms with Crippen LogP contribution in [0.15, 0.2) is 18.5 Å². The molecule has 0 bridgehead atoms. The zero-order valence-corrected chi connectivity index (χ0v) is 10.2. The molecule has 3 rings (SSSR count). The third kappa shape index (κ3) is 1.85. The molecule has 0 radical (unpaired) electrons. The topological polar surface area (TPSA) is 62.3 Å². The number of carbonyl (C=O) groups excluding carboxylic acids is 2. The van der Waals surface area contributed by atoms with Crippen molar-refractivity contribution in [3.63, 3.8) is 0 Å². The number of nitrogens with one attached hydrogen (secondary N) is 1. The number of carbonyl (C=O) groups is 2. The van der Waals surface area contributed by atoms with Crippen LogP contribution < -0.4 is 5.32 Å². The minimum atomic E-state index is -0.430. The van der Waals surface area contributed by atoms with Crippen LogP contribution in [0.3, 0.4) is 0 Å². The Bertz CT molecular complexity index is 511. The van der Waals surface area contributed by atoms with E-state index in [0.29, 0.717) is 0 Å². The standard InChI is InChI=1S/C13H15N3O2/c1-8-4-5-14-7-11(8)15-10-6-12(17)16(13(10)18)9-2-3-9/h4-5,7,9-10,15H,2-3,6H2,1H3. The molecule has 5 heteroatoms. The Kier molecular flexibility index (Phi) is 2.54. The van der Waals surface area contributed by atoms with E-state index in [4.69, 9.17) is 0 Å². The molecular formula is C13H15N3O2. The number of likely N-dealkylation sites (tertiary alicyclic amines) is 1. The van der Waals surface area contributed by atoms with E-state index in [1.807, 2.05) is 13.0 Å². The summed E-state index contributed by atoms with van der Waals surface area (Å²) in [4.78, 5) is 29.4. The lowest BCUT2D eigenvalue weighted by Gasteiger charge is -2.15. The molecule has 1 unspecified atom stereocenters. The van der Waals surface area contributed by atoms with Crippen LogP contribution in [0.25, 0.3) is 0 Å². The largest absolute Gasteiger partial charge is 0.372 e. The summed E-state index contributed by atoms with van der Waals surface area (Å²) in [6, 6.07) is 1.61. The van der Waals surface area contributed by atoms with E-state index < -0.39 is 6.04 Å². The third-order valence-electron chi connectivity index (χ3n) is 3.46. The molecule has 1 aliphatic heterocycles. The molecule has 1 saturated heterocycles. The SMILES string of the molecule is Cc1ccncc1NC1CC(=O)N(C2CC2)C1=O. The molecule has 1 aromatic heterocycles. The average molecular weight is 245 g/mol. The Balaban J connectivity index is 1.76. The van der Waals surface area contributed by atoms with Gasteiger partial charge >= 0.3 is 0 Å². The van der Waals surface area contributed by atoms with Gasteiger partial charge in [-0.05, 0) is 31.4 Å². The number of amides is 2. The fourth-order valence-corrected chi connectivity index (χ4v) is 2.28. The number of hydrogen-bond donors (Lipinski definition) is 1. The number of rotatable bonds is 3. The zero-order valence-electron chi connectivity index (χ0n) is 10.2. The fourth-order valence-electron chi connectivity index (χ4n) is 2.28. The van der Waals surface area contributed by atoms with Gasteiger partial charge in [0.1, 0.15) is 6.04 Å². The number of aryl methyl sites for hydroxylation is 1. The lowest BCUT2D eigenvalue weighted by molar-refractivity contribution is -0.139. The van der Waals surface area contributed by atoms with Gasteiger partial charge < -0.3 is 5.32 Å². The van der Waals surface area contributed by atoms with Crippen LogP contribution in [0.5, 0.6) is 0 Å². The summed E-state index contributed by atoms with van der Waals surface area (Å²) in [6.45, 7) is 1.95. The summed E-state index contributed by atoms with van der Waals surface area (Å²) in [7, 11) is 0. The van der Waals surface area contributed by atoms with Crippen molar-refractivity contribution in [3.8, 4) is 0 Å². The molecule has 0 spiro atoms. The third-order valence-corrected chi connectivity index (χ3v) is 3.46. The number of anilines is 1. The number of aromatic nitrogens is 1. The number of hydrogen-bond acceptors (Lipinski definition) is 4. The second-order valence-electron chi connectivity index (χ2n) is 4.92. The van der Waals surface area contributed by atoms with Gasteiger partial charge in [-0.15, -0.1) is 0 Å². The summed E-state index contributed by atoms with van der Waals surface area (Å²) in [5, 5.41) is 3.13. The number of nitrogens with zero attached hydrogens (tertiary/aromatic N) is 2. The molecule has 1 aliphatic carbocycles. The smallest absolute Gasteiger partial charge is 0.252 e. The van der Waals surface area contributed by atoms with Crippen LogP contribution in [0.4, 0.5) is 5.69 Å². The van der Waals surface area contributed by atoms with E-state index in [-0.39, 0.29) is 24.3 Å². The first-order chi connectivity index (χ1) is 8.66. The van der Waals surface area contributed by atoms with Crippen LogP contribution >= 0.6 is 0 Å². The van der Waals surface area contributed by atoms with Crippen molar-refractivity contribution in [1.82, 2.24) is 9.88 Å². The van der Waals surface area contributed by atoms with E-state index in [1.54, 1.807) is 12.4 Å². The highest BCUT2D eigenvalue weighted by atomic mass is 16.2. The van der Waals surface area contributed by atoms with Crippen LogP contribution in [-0.2, 0) is 9.59 Å². The van der Waals surface area contributed by atoms with Crippen molar-refractivity contribution < 1.29 is 9.59 Å². The summed E-state index contributed by atoms with van der Waals surface area (Å²) in [6.07, 6.45) is 5.56. The highest BCUT2D eigenvalue weighted by molar-refractivity contribution is 6.07. The molecule has 1 N–H and O–H groups in total. The summed E-state index contributed by atoms with van der Waals surface area (Å²) < 4.78 is 0. The maximum Gasteiger partial charge on any atom is 0.252 e. The van der Waals surface area contributed by atoms with E-state index in [1.165, 1.54) is 4.90 Å². The predicted octanol–water partition coefficient (Wildman–Crippen LogP) is 1.09.